The van der Waals surface area contributed by atoms with Gasteiger partial charge in [-0.25, -0.2) is 8.42 Å². The summed E-state index contributed by atoms with van der Waals surface area (Å²) in [7, 11) is -3.46. The molecule has 5 nitrogen and oxygen atoms in total. The second kappa shape index (κ2) is 7.70. The van der Waals surface area contributed by atoms with Gasteiger partial charge in [0.2, 0.25) is 15.9 Å². The maximum atomic E-state index is 12.2. The third-order valence-electron chi connectivity index (χ3n) is 3.74. The number of nitrogens with one attached hydrogen (secondary N) is 1. The van der Waals surface area contributed by atoms with Gasteiger partial charge in [0.05, 0.1) is 11.9 Å². The van der Waals surface area contributed by atoms with Crippen molar-refractivity contribution in [2.45, 2.75) is 27.2 Å². The maximum Gasteiger partial charge on any atom is 0.232 e. The van der Waals surface area contributed by atoms with Gasteiger partial charge in [0.25, 0.3) is 0 Å². The van der Waals surface area contributed by atoms with Gasteiger partial charge in [-0.1, -0.05) is 18.2 Å². The molecule has 0 saturated heterocycles. The lowest BCUT2D eigenvalue weighted by molar-refractivity contribution is -0.116. The van der Waals surface area contributed by atoms with E-state index in [1.165, 1.54) is 4.31 Å². The summed E-state index contributed by atoms with van der Waals surface area (Å²) in [6, 6.07) is 13.0. The van der Waals surface area contributed by atoms with Crippen LogP contribution in [0.25, 0.3) is 0 Å². The number of hydrogen-bond donors (Lipinski definition) is 1. The quantitative estimate of drug-likeness (QED) is 0.858. The lowest BCUT2D eigenvalue weighted by Gasteiger charge is -2.22. The zero-order valence-corrected chi connectivity index (χ0v) is 15.9. The van der Waals surface area contributed by atoms with E-state index in [-0.39, 0.29) is 18.9 Å². The van der Waals surface area contributed by atoms with Gasteiger partial charge in [0, 0.05) is 18.7 Å². The first-order valence-electron chi connectivity index (χ1n) is 8.08. The summed E-state index contributed by atoms with van der Waals surface area (Å²) in [5, 5.41) is 2.83. The van der Waals surface area contributed by atoms with Gasteiger partial charge in [0.1, 0.15) is 0 Å². The highest BCUT2D eigenvalue weighted by molar-refractivity contribution is 7.92. The number of aryl methyl sites for hydroxylation is 3. The summed E-state index contributed by atoms with van der Waals surface area (Å²) in [5.41, 5.74) is 4.39. The molecule has 0 saturated carbocycles. The fourth-order valence-corrected chi connectivity index (χ4v) is 3.66. The van der Waals surface area contributed by atoms with E-state index >= 15 is 0 Å². The van der Waals surface area contributed by atoms with Gasteiger partial charge >= 0.3 is 0 Å². The van der Waals surface area contributed by atoms with Crippen LogP contribution >= 0.6 is 0 Å². The van der Waals surface area contributed by atoms with Crippen LogP contribution in [0.3, 0.4) is 0 Å². The SMILES string of the molecule is Cc1cc(C)cc(NC(=O)CCN(c2cccc(C)c2)S(C)(=O)=O)c1. The number of sulfonamides is 1. The zero-order chi connectivity index (χ0) is 18.6. The molecule has 0 fully saturated rings. The highest BCUT2D eigenvalue weighted by atomic mass is 32.2. The van der Waals surface area contributed by atoms with Crippen LogP contribution < -0.4 is 9.62 Å². The topological polar surface area (TPSA) is 66.5 Å². The van der Waals surface area contributed by atoms with Crippen LogP contribution in [-0.2, 0) is 14.8 Å². The molecular weight excluding hydrogens is 336 g/mol. The van der Waals surface area contributed by atoms with E-state index in [4.69, 9.17) is 0 Å². The predicted octanol–water partition coefficient (Wildman–Crippen LogP) is 3.41. The van der Waals surface area contributed by atoms with Crippen molar-refractivity contribution in [1.29, 1.82) is 0 Å². The van der Waals surface area contributed by atoms with Crippen LogP contribution in [-0.4, -0.2) is 27.1 Å². The summed E-state index contributed by atoms with van der Waals surface area (Å²) in [5.74, 6) is -0.216. The van der Waals surface area contributed by atoms with Crippen molar-refractivity contribution in [3.05, 3.63) is 59.2 Å². The molecule has 0 radical (unpaired) electrons. The predicted molar refractivity (Wildman–Crippen MR) is 103 cm³/mol. The Balaban J connectivity index is 2.09. The van der Waals surface area contributed by atoms with E-state index in [0.29, 0.717) is 5.69 Å². The molecule has 0 spiro atoms. The van der Waals surface area contributed by atoms with Gasteiger partial charge in [-0.05, 0) is 61.7 Å². The lowest BCUT2D eigenvalue weighted by Crippen LogP contribution is -2.33. The van der Waals surface area contributed by atoms with Crippen molar-refractivity contribution in [2.24, 2.45) is 0 Å². The maximum absolute atomic E-state index is 12.2. The molecule has 0 heterocycles. The second-order valence-electron chi connectivity index (χ2n) is 6.35. The number of amides is 1. The monoisotopic (exact) mass is 360 g/mol. The van der Waals surface area contributed by atoms with Crippen LogP contribution in [0.5, 0.6) is 0 Å². The molecule has 0 atom stereocenters. The van der Waals surface area contributed by atoms with E-state index in [0.717, 1.165) is 28.6 Å². The Labute approximate surface area is 149 Å². The third kappa shape index (κ3) is 5.60. The Morgan fingerprint density at radius 3 is 2.20 bits per heavy atom. The average molecular weight is 360 g/mol. The van der Waals surface area contributed by atoms with Gasteiger partial charge in [0.15, 0.2) is 0 Å². The Morgan fingerprint density at radius 2 is 1.64 bits per heavy atom. The Kier molecular flexibility index (Phi) is 5.85. The van der Waals surface area contributed by atoms with Gasteiger partial charge in [-0.2, -0.15) is 0 Å². The van der Waals surface area contributed by atoms with Crippen molar-refractivity contribution in [1.82, 2.24) is 0 Å². The average Bonchev–Trinajstić information content (AvgIpc) is 2.44. The number of carbonyl (C=O) groups is 1. The first kappa shape index (κ1) is 19.0. The standard InChI is InChI=1S/C19H24N2O3S/c1-14-6-5-7-18(13-14)21(25(4,23)24)9-8-19(22)20-17-11-15(2)10-16(3)12-17/h5-7,10-13H,8-9H2,1-4H3,(H,20,22). The molecule has 2 aromatic carbocycles. The summed E-state index contributed by atoms with van der Waals surface area (Å²) in [6.45, 7) is 5.92. The zero-order valence-electron chi connectivity index (χ0n) is 15.0. The summed E-state index contributed by atoms with van der Waals surface area (Å²) >= 11 is 0. The van der Waals surface area contributed by atoms with Crippen LogP contribution in [0.1, 0.15) is 23.1 Å². The van der Waals surface area contributed by atoms with Crippen molar-refractivity contribution < 1.29 is 13.2 Å². The summed E-state index contributed by atoms with van der Waals surface area (Å²) in [6.07, 6.45) is 1.23. The number of nitrogens with zero attached hydrogens (tertiary/aromatic N) is 1. The van der Waals surface area contributed by atoms with Crippen LogP contribution in [0.4, 0.5) is 11.4 Å². The minimum absolute atomic E-state index is 0.0774. The normalized spacial score (nSPS) is 11.2. The first-order valence-corrected chi connectivity index (χ1v) is 9.92. The molecule has 2 aromatic rings. The minimum Gasteiger partial charge on any atom is -0.326 e. The van der Waals surface area contributed by atoms with Crippen molar-refractivity contribution >= 4 is 27.3 Å². The smallest absolute Gasteiger partial charge is 0.232 e. The van der Waals surface area contributed by atoms with Crippen LogP contribution in [0, 0.1) is 20.8 Å². The molecule has 1 amide bonds. The van der Waals surface area contributed by atoms with Gasteiger partial charge < -0.3 is 5.32 Å². The van der Waals surface area contributed by atoms with Crippen LogP contribution in [0.2, 0.25) is 0 Å². The number of anilines is 2. The molecule has 0 aliphatic heterocycles. The Bertz CT molecular complexity index is 856. The second-order valence-corrected chi connectivity index (χ2v) is 8.26. The number of benzene rings is 2. The molecule has 0 aliphatic carbocycles. The molecule has 2 rings (SSSR count). The molecule has 0 aromatic heterocycles. The largest absolute Gasteiger partial charge is 0.326 e. The first-order chi connectivity index (χ1) is 11.6. The Hall–Kier alpha value is -2.34. The molecule has 0 bridgehead atoms. The number of rotatable bonds is 6. The molecule has 6 heteroatoms. The van der Waals surface area contributed by atoms with E-state index in [1.807, 2.05) is 45.0 Å². The van der Waals surface area contributed by atoms with E-state index in [9.17, 15) is 13.2 Å². The Morgan fingerprint density at radius 1 is 1.00 bits per heavy atom. The van der Waals surface area contributed by atoms with Crippen molar-refractivity contribution in [3.8, 4) is 0 Å². The van der Waals surface area contributed by atoms with Crippen molar-refractivity contribution in [2.75, 3.05) is 22.4 Å². The third-order valence-corrected chi connectivity index (χ3v) is 4.93. The van der Waals surface area contributed by atoms with Gasteiger partial charge in [-0.3, -0.25) is 9.10 Å². The molecule has 0 aliphatic rings. The molecule has 0 unspecified atom stereocenters. The fourth-order valence-electron chi connectivity index (χ4n) is 2.74. The highest BCUT2D eigenvalue weighted by Gasteiger charge is 2.18. The number of carbonyl (C=O) groups excluding carboxylic acids is 1. The lowest BCUT2D eigenvalue weighted by atomic mass is 10.1. The van der Waals surface area contributed by atoms with E-state index in [2.05, 4.69) is 5.32 Å². The summed E-state index contributed by atoms with van der Waals surface area (Å²) < 4.78 is 25.5. The molecule has 1 N–H and O–H groups in total. The van der Waals surface area contributed by atoms with E-state index in [1.54, 1.807) is 18.2 Å². The van der Waals surface area contributed by atoms with Crippen molar-refractivity contribution in [3.63, 3.8) is 0 Å². The van der Waals surface area contributed by atoms with Gasteiger partial charge in [-0.15, -0.1) is 0 Å². The molecule has 25 heavy (non-hydrogen) atoms. The fraction of sp³-hybridized carbons (Fsp3) is 0.316. The highest BCUT2D eigenvalue weighted by Crippen LogP contribution is 2.20. The van der Waals surface area contributed by atoms with Crippen LogP contribution in [0.15, 0.2) is 42.5 Å². The van der Waals surface area contributed by atoms with E-state index < -0.39 is 10.0 Å². The number of hydrogen-bond acceptors (Lipinski definition) is 3. The summed E-state index contributed by atoms with van der Waals surface area (Å²) in [4.78, 5) is 12.2. The minimum atomic E-state index is -3.46. The molecule has 134 valence electrons. The molecular formula is C19H24N2O3S.